The second-order valence-electron chi connectivity index (χ2n) is 17.9. The van der Waals surface area contributed by atoms with Crippen LogP contribution in [0.15, 0.2) is 54.1 Å². The Hall–Kier alpha value is -3.04. The zero-order valence-corrected chi connectivity index (χ0v) is 34.4. The fourth-order valence-corrected chi connectivity index (χ4v) is 11.0. The summed E-state index contributed by atoms with van der Waals surface area (Å²) < 4.78 is 28.5. The number of amides is 2. The van der Waals surface area contributed by atoms with Gasteiger partial charge in [-0.1, -0.05) is 69.7 Å². The maximum atomic E-state index is 17.4. The number of ether oxygens (including phenoxy) is 2. The lowest BCUT2D eigenvalue weighted by Crippen LogP contribution is -2.70. The molecule has 5 rings (SSSR count). The van der Waals surface area contributed by atoms with Crippen molar-refractivity contribution in [3.8, 4) is 0 Å². The van der Waals surface area contributed by atoms with Crippen LogP contribution in [0.4, 0.5) is 4.39 Å². The first kappa shape index (κ1) is 45.1. The van der Waals surface area contributed by atoms with Crippen molar-refractivity contribution in [2.75, 3.05) is 46.1 Å². The monoisotopic (exact) mass is 799 g/mol. The summed E-state index contributed by atoms with van der Waals surface area (Å²) in [7, 11) is 0. The van der Waals surface area contributed by atoms with Gasteiger partial charge in [-0.2, -0.15) is 0 Å². The molecule has 7 N–H and O–H groups in total. The van der Waals surface area contributed by atoms with E-state index in [1.165, 1.54) is 12.2 Å². The first-order valence-corrected chi connectivity index (χ1v) is 20.8. The number of carbonyl (C=O) groups is 3. The van der Waals surface area contributed by atoms with Gasteiger partial charge in [-0.25, -0.2) is 4.39 Å². The smallest absolute Gasteiger partial charge is 0.252 e. The second kappa shape index (κ2) is 18.5. The molecule has 10 atom stereocenters. The molecule has 4 aliphatic carbocycles. The number of alkyl halides is 1. The first-order chi connectivity index (χ1) is 27.0. The Morgan fingerprint density at radius 1 is 1.05 bits per heavy atom. The van der Waals surface area contributed by atoms with Crippen LogP contribution >= 0.6 is 0 Å². The van der Waals surface area contributed by atoms with E-state index in [0.717, 1.165) is 12.0 Å². The predicted octanol–water partition coefficient (Wildman–Crippen LogP) is 3.31. The molecule has 0 aliphatic heterocycles. The van der Waals surface area contributed by atoms with Gasteiger partial charge in [-0.3, -0.25) is 14.4 Å². The van der Waals surface area contributed by atoms with Crippen molar-refractivity contribution >= 4 is 17.6 Å². The third-order valence-corrected chi connectivity index (χ3v) is 13.8. The molecule has 0 aromatic heterocycles. The van der Waals surface area contributed by atoms with E-state index in [1.54, 1.807) is 26.8 Å². The van der Waals surface area contributed by atoms with Crippen LogP contribution in [0, 0.1) is 34.5 Å². The third-order valence-electron chi connectivity index (χ3n) is 13.8. The third kappa shape index (κ3) is 9.10. The van der Waals surface area contributed by atoms with Gasteiger partial charge in [0.1, 0.15) is 6.61 Å². The first-order valence-electron chi connectivity index (χ1n) is 20.8. The number of benzene rings is 1. The predicted molar refractivity (Wildman–Crippen MR) is 213 cm³/mol. The topological polar surface area (TPSA) is 187 Å². The van der Waals surface area contributed by atoms with E-state index in [-0.39, 0.29) is 70.2 Å². The van der Waals surface area contributed by atoms with Crippen LogP contribution < -0.4 is 16.0 Å². The minimum absolute atomic E-state index is 0.0341. The minimum atomic E-state index is -2.04. The van der Waals surface area contributed by atoms with E-state index in [4.69, 9.17) is 9.47 Å². The van der Waals surface area contributed by atoms with Crippen LogP contribution in [0.5, 0.6) is 0 Å². The van der Waals surface area contributed by atoms with Crippen molar-refractivity contribution in [1.82, 2.24) is 16.0 Å². The van der Waals surface area contributed by atoms with Crippen LogP contribution in [0.2, 0.25) is 0 Å². The summed E-state index contributed by atoms with van der Waals surface area (Å²) in [6, 6.07) is 9.94. The van der Waals surface area contributed by atoms with Crippen molar-refractivity contribution in [1.29, 1.82) is 0 Å². The average molecular weight is 800 g/mol. The lowest BCUT2D eigenvalue weighted by molar-refractivity contribution is -0.219. The van der Waals surface area contributed by atoms with E-state index >= 15 is 4.39 Å². The molecule has 318 valence electrons. The molecule has 13 heteroatoms. The number of allylic oxidation sites excluding steroid dienone is 4. The summed E-state index contributed by atoms with van der Waals surface area (Å²) in [6.45, 7) is 10.4. The number of ketones is 1. The second-order valence-corrected chi connectivity index (χ2v) is 17.9. The summed E-state index contributed by atoms with van der Waals surface area (Å²) in [6.07, 6.45) is 4.97. The molecular weight excluding hydrogens is 733 g/mol. The Morgan fingerprint density at radius 2 is 1.77 bits per heavy atom. The highest BCUT2D eigenvalue weighted by Gasteiger charge is 2.75. The molecule has 4 aliphatic rings. The zero-order valence-electron chi connectivity index (χ0n) is 34.4. The van der Waals surface area contributed by atoms with Crippen LogP contribution in [-0.2, 0) is 30.4 Å². The van der Waals surface area contributed by atoms with Gasteiger partial charge in [0.2, 0.25) is 5.91 Å². The van der Waals surface area contributed by atoms with Crippen LogP contribution in [0.3, 0.4) is 0 Å². The Labute approximate surface area is 337 Å². The average Bonchev–Trinajstić information content (AvgIpc) is 3.36. The largest absolute Gasteiger partial charge is 0.396 e. The molecule has 12 nitrogen and oxygen atoms in total. The van der Waals surface area contributed by atoms with Crippen molar-refractivity contribution in [2.24, 2.45) is 34.5 Å². The van der Waals surface area contributed by atoms with Gasteiger partial charge in [-0.05, 0) is 87.3 Å². The van der Waals surface area contributed by atoms with Gasteiger partial charge >= 0.3 is 0 Å². The SMILES string of the molecule is CC(C)C[C@](CCO)(C[C@H](O)CNC(=O)COCCOCCNC(=O)[C@@]1(O)[C@H](C)C[C@H]2[C@@H]3CCC4=CC(=O)C=C[C@]4(C)[C@@]3(F)[C@@H](O)C[C@@]21C)NCc1ccccc1. The fourth-order valence-electron chi connectivity index (χ4n) is 11.0. The molecule has 57 heavy (non-hydrogen) atoms. The highest BCUT2D eigenvalue weighted by Crippen LogP contribution is 2.70. The van der Waals surface area contributed by atoms with E-state index in [9.17, 15) is 34.8 Å². The van der Waals surface area contributed by atoms with Gasteiger partial charge in [0.25, 0.3) is 5.91 Å². The van der Waals surface area contributed by atoms with Gasteiger partial charge in [0.15, 0.2) is 17.1 Å². The quantitative estimate of drug-likeness (QED) is 0.0966. The molecule has 0 heterocycles. The lowest BCUT2D eigenvalue weighted by atomic mass is 9.44. The summed E-state index contributed by atoms with van der Waals surface area (Å²) in [4.78, 5) is 38.3. The lowest BCUT2D eigenvalue weighted by Gasteiger charge is -2.62. The molecule has 2 amide bonds. The number of rotatable bonds is 20. The van der Waals surface area contributed by atoms with Gasteiger partial charge < -0.3 is 45.9 Å². The highest BCUT2D eigenvalue weighted by atomic mass is 19.1. The number of fused-ring (bicyclic) bond motifs is 5. The molecule has 3 saturated carbocycles. The number of halogens is 1. The molecule has 0 radical (unpaired) electrons. The van der Waals surface area contributed by atoms with E-state index in [1.807, 2.05) is 30.3 Å². The molecule has 0 unspecified atom stereocenters. The van der Waals surface area contributed by atoms with E-state index in [2.05, 4.69) is 29.8 Å². The van der Waals surface area contributed by atoms with Gasteiger partial charge in [-0.15, -0.1) is 0 Å². The molecule has 0 saturated heterocycles. The zero-order chi connectivity index (χ0) is 41.6. The standard InChI is InChI=1S/C44H66FN3O9/c1-29(2)23-42(15-17-49,48-26-31-9-7-6-8-10-31)24-34(51)27-47-38(53)28-57-20-19-56-18-16-46-39(54)44(55)30(3)21-36-35-12-11-32-22-33(50)13-14-40(32,4)43(35,45)37(52)25-41(36,44)5/h6-10,13-14,22,29-30,34-37,48-49,51-52,55H,11-12,15-21,23-28H2,1-5H3,(H,46,54)(H,47,53)/t30-,34+,35+,36+,37+,40+,41+,42-,43+,44+/m1/s1. The normalized spacial score (nSPS) is 33.5. The van der Waals surface area contributed by atoms with E-state index < -0.39 is 57.6 Å². The van der Waals surface area contributed by atoms with Gasteiger partial charge in [0.05, 0.1) is 32.0 Å². The van der Waals surface area contributed by atoms with Crippen molar-refractivity contribution < 1.29 is 48.7 Å². The summed E-state index contributed by atoms with van der Waals surface area (Å²) >= 11 is 0. The van der Waals surface area contributed by atoms with Crippen LogP contribution in [0.25, 0.3) is 0 Å². The number of aliphatic hydroxyl groups is 4. The Bertz CT molecular complexity index is 1630. The maximum absolute atomic E-state index is 17.4. The van der Waals surface area contributed by atoms with Crippen molar-refractivity contribution in [3.05, 3.63) is 59.7 Å². The molecule has 0 spiro atoms. The number of carbonyl (C=O) groups excluding carboxylic acids is 3. The fraction of sp³-hybridized carbons (Fsp3) is 0.705. The molecule has 0 bridgehead atoms. The summed E-state index contributed by atoms with van der Waals surface area (Å²) in [5, 5.41) is 53.6. The molecule has 1 aromatic rings. The minimum Gasteiger partial charge on any atom is -0.396 e. The van der Waals surface area contributed by atoms with Gasteiger partial charge in [0, 0.05) is 48.5 Å². The Morgan fingerprint density at radius 3 is 2.47 bits per heavy atom. The molecule has 3 fully saturated rings. The Kier molecular flexibility index (Phi) is 14.6. The van der Waals surface area contributed by atoms with Crippen molar-refractivity contribution in [2.45, 2.75) is 115 Å². The number of hydrogen-bond acceptors (Lipinski definition) is 10. The molecule has 1 aromatic carbocycles. The van der Waals surface area contributed by atoms with Crippen molar-refractivity contribution in [3.63, 3.8) is 0 Å². The number of nitrogens with one attached hydrogen (secondary N) is 3. The van der Waals surface area contributed by atoms with Crippen LogP contribution in [0.1, 0.15) is 85.1 Å². The summed E-state index contributed by atoms with van der Waals surface area (Å²) in [5.41, 5.74) is -4.84. The maximum Gasteiger partial charge on any atom is 0.252 e. The van der Waals surface area contributed by atoms with Crippen LogP contribution in [-0.4, -0.2) is 113 Å². The number of aliphatic hydroxyl groups excluding tert-OH is 3. The van der Waals surface area contributed by atoms with E-state index in [0.29, 0.717) is 50.1 Å². The number of hydrogen-bond donors (Lipinski definition) is 7. The highest BCUT2D eigenvalue weighted by molar-refractivity contribution is 6.01. The Balaban J connectivity index is 1.02. The summed E-state index contributed by atoms with van der Waals surface area (Å²) in [5.74, 6) is -2.29. The molecular formula is C44H66FN3O9.